The molecule has 0 radical (unpaired) electrons. The number of piperazine rings is 1. The quantitative estimate of drug-likeness (QED) is 0.623. The van der Waals surface area contributed by atoms with Crippen LogP contribution in [0.3, 0.4) is 0 Å². The molecule has 0 bridgehead atoms. The van der Waals surface area contributed by atoms with Crippen LogP contribution in [-0.4, -0.2) is 38.2 Å². The van der Waals surface area contributed by atoms with Gasteiger partial charge in [0.15, 0.2) is 0 Å². The van der Waals surface area contributed by atoms with Crippen molar-refractivity contribution in [3.8, 4) is 5.75 Å². The van der Waals surface area contributed by atoms with Crippen molar-refractivity contribution in [1.82, 2.24) is 4.90 Å². The molecule has 29 heavy (non-hydrogen) atoms. The molecule has 0 aromatic heterocycles. The van der Waals surface area contributed by atoms with E-state index in [1.54, 1.807) is 7.11 Å². The number of methoxy groups -OCH3 is 1. The first-order chi connectivity index (χ1) is 14.2. The third kappa shape index (κ3) is 4.17. The molecule has 0 atom stereocenters. The highest BCUT2D eigenvalue weighted by molar-refractivity contribution is 5.75. The molecule has 0 amide bonds. The predicted molar refractivity (Wildman–Crippen MR) is 116 cm³/mol. The van der Waals surface area contributed by atoms with Crippen LogP contribution in [0.15, 0.2) is 64.2 Å². The van der Waals surface area contributed by atoms with Gasteiger partial charge in [-0.2, -0.15) is 0 Å². The number of hydrogen-bond donors (Lipinski definition) is 1. The Morgan fingerprint density at radius 1 is 0.862 bits per heavy atom. The molecule has 1 heterocycles. The summed E-state index contributed by atoms with van der Waals surface area (Å²) in [5.74, 6) is 0.789. The highest BCUT2D eigenvalue weighted by Crippen LogP contribution is 2.23. The number of anilines is 2. The van der Waals surface area contributed by atoms with Gasteiger partial charge in [0, 0.05) is 39.3 Å². The van der Waals surface area contributed by atoms with Crippen molar-refractivity contribution in [2.75, 3.05) is 43.5 Å². The summed E-state index contributed by atoms with van der Waals surface area (Å²) in [6.07, 6.45) is 0. The second kappa shape index (κ2) is 8.49. The first kappa shape index (κ1) is 19.2. The minimum absolute atomic E-state index is 0.376. The van der Waals surface area contributed by atoms with E-state index >= 15 is 0 Å². The third-order valence-electron chi connectivity index (χ3n) is 5.45. The fraction of sp³-hybridized carbons (Fsp3) is 0.304. The summed E-state index contributed by atoms with van der Waals surface area (Å²) in [6, 6.07) is 18.0. The van der Waals surface area contributed by atoms with E-state index in [4.69, 9.17) is 4.74 Å². The van der Waals surface area contributed by atoms with Crippen molar-refractivity contribution in [2.24, 2.45) is 0 Å². The lowest BCUT2D eigenvalue weighted by Crippen LogP contribution is -2.51. The molecule has 1 fully saturated rings. The van der Waals surface area contributed by atoms with E-state index < -0.39 is 5.43 Å². The van der Waals surface area contributed by atoms with Crippen LogP contribution >= 0.6 is 0 Å². The average molecular weight is 391 g/mol. The molecule has 1 aliphatic rings. The largest absolute Gasteiger partial charge is 0.497 e. The van der Waals surface area contributed by atoms with Crippen LogP contribution in [0.2, 0.25) is 0 Å². The smallest absolute Gasteiger partial charge is 0.253 e. The summed E-state index contributed by atoms with van der Waals surface area (Å²) in [7, 11) is 1.63. The van der Waals surface area contributed by atoms with E-state index in [1.165, 1.54) is 5.56 Å². The molecule has 3 aromatic rings. The predicted octanol–water partition coefficient (Wildman–Crippen LogP) is 2.23. The van der Waals surface area contributed by atoms with E-state index in [2.05, 4.69) is 34.5 Å². The highest BCUT2D eigenvalue weighted by atomic mass is 16.5. The molecular formula is C23H25N3O3. The van der Waals surface area contributed by atoms with Crippen LogP contribution in [0.25, 0.3) is 0 Å². The molecule has 0 aliphatic carbocycles. The lowest BCUT2D eigenvalue weighted by Gasteiger charge is -2.37. The zero-order valence-electron chi connectivity index (χ0n) is 16.6. The van der Waals surface area contributed by atoms with E-state index in [0.29, 0.717) is 17.9 Å². The maximum atomic E-state index is 12.2. The van der Waals surface area contributed by atoms with Crippen molar-refractivity contribution in [3.05, 3.63) is 86.2 Å². The van der Waals surface area contributed by atoms with E-state index in [-0.39, 0.29) is 5.43 Å². The molecule has 4 rings (SSSR count). The molecule has 1 aliphatic heterocycles. The van der Waals surface area contributed by atoms with Gasteiger partial charge in [0.25, 0.3) is 10.9 Å². The van der Waals surface area contributed by atoms with Crippen LogP contribution < -0.4 is 25.8 Å². The Balaban J connectivity index is 1.36. The Kier molecular flexibility index (Phi) is 5.62. The maximum absolute atomic E-state index is 12.2. The number of nitrogens with zero attached hydrogens (tertiary/aromatic N) is 2. The Hall–Kier alpha value is -3.12. The third-order valence-corrected chi connectivity index (χ3v) is 5.45. The summed E-state index contributed by atoms with van der Waals surface area (Å²) >= 11 is 0. The Morgan fingerprint density at radius 3 is 2.21 bits per heavy atom. The molecule has 1 N–H and O–H groups in total. The van der Waals surface area contributed by atoms with Gasteiger partial charge in [0.1, 0.15) is 17.1 Å². The van der Waals surface area contributed by atoms with Gasteiger partial charge >= 0.3 is 0 Å². The molecule has 1 saturated heterocycles. The first-order valence-electron chi connectivity index (χ1n) is 9.87. The molecule has 6 heteroatoms. The van der Waals surface area contributed by atoms with Crippen LogP contribution in [0, 0.1) is 0 Å². The van der Waals surface area contributed by atoms with Crippen LogP contribution in [0.1, 0.15) is 11.1 Å². The van der Waals surface area contributed by atoms with Gasteiger partial charge in [-0.1, -0.05) is 42.5 Å². The fourth-order valence-corrected chi connectivity index (χ4v) is 3.75. The van der Waals surface area contributed by atoms with Crippen molar-refractivity contribution in [2.45, 2.75) is 13.1 Å². The molecule has 0 saturated carbocycles. The lowest BCUT2D eigenvalue weighted by molar-refractivity contribution is 0.249. The molecule has 6 nitrogen and oxygen atoms in total. The first-order valence-corrected chi connectivity index (χ1v) is 9.87. The van der Waals surface area contributed by atoms with E-state index in [1.807, 2.05) is 35.2 Å². The summed E-state index contributed by atoms with van der Waals surface area (Å²) in [5.41, 5.74) is 2.51. The molecule has 0 unspecified atom stereocenters. The fourth-order valence-electron chi connectivity index (χ4n) is 3.75. The number of ether oxygens (including phenoxy) is 1. The second-order valence-electron chi connectivity index (χ2n) is 7.33. The highest BCUT2D eigenvalue weighted by Gasteiger charge is 2.28. The summed E-state index contributed by atoms with van der Waals surface area (Å²) in [4.78, 5) is 28.8. The maximum Gasteiger partial charge on any atom is 0.253 e. The number of hydrogen-bond acceptors (Lipinski definition) is 6. The van der Waals surface area contributed by atoms with E-state index in [0.717, 1.165) is 44.0 Å². The number of benzene rings is 2. The zero-order chi connectivity index (χ0) is 20.2. The number of rotatable bonds is 7. The van der Waals surface area contributed by atoms with Crippen LogP contribution in [0.4, 0.5) is 11.4 Å². The SMILES string of the molecule is COc1ccc(CNc2c(N3CCN(Cc4ccccc4)CC3)c(=O)c2=O)cc1. The standard InChI is InChI=1S/C23H25N3O3/c1-29-19-9-7-17(8-10-19)15-24-20-21(23(28)22(20)27)26-13-11-25(12-14-26)16-18-5-3-2-4-6-18/h2-10,24H,11-16H2,1H3. The van der Waals surface area contributed by atoms with Crippen molar-refractivity contribution < 1.29 is 4.74 Å². The van der Waals surface area contributed by atoms with Gasteiger partial charge in [-0.15, -0.1) is 0 Å². The van der Waals surface area contributed by atoms with Crippen molar-refractivity contribution in [3.63, 3.8) is 0 Å². The Morgan fingerprint density at radius 2 is 1.55 bits per heavy atom. The monoisotopic (exact) mass is 391 g/mol. The van der Waals surface area contributed by atoms with Gasteiger partial charge in [0.05, 0.1) is 7.11 Å². The minimum atomic E-state index is -0.416. The van der Waals surface area contributed by atoms with Crippen molar-refractivity contribution in [1.29, 1.82) is 0 Å². The van der Waals surface area contributed by atoms with Gasteiger partial charge in [-0.25, -0.2) is 0 Å². The van der Waals surface area contributed by atoms with Gasteiger partial charge in [0.2, 0.25) is 0 Å². The minimum Gasteiger partial charge on any atom is -0.497 e. The number of nitrogens with one attached hydrogen (secondary N) is 1. The zero-order valence-corrected chi connectivity index (χ0v) is 16.6. The summed E-state index contributed by atoms with van der Waals surface area (Å²) in [6.45, 7) is 4.63. The van der Waals surface area contributed by atoms with Gasteiger partial charge in [-0.3, -0.25) is 14.5 Å². The van der Waals surface area contributed by atoms with Gasteiger partial charge < -0.3 is 15.0 Å². The Labute approximate surface area is 170 Å². The second-order valence-corrected chi connectivity index (χ2v) is 7.33. The van der Waals surface area contributed by atoms with Gasteiger partial charge in [-0.05, 0) is 23.3 Å². The topological polar surface area (TPSA) is 61.9 Å². The molecule has 3 aromatic carbocycles. The average Bonchev–Trinajstić information content (AvgIpc) is 2.78. The lowest BCUT2D eigenvalue weighted by atomic mass is 10.1. The normalized spacial score (nSPS) is 14.9. The summed E-state index contributed by atoms with van der Waals surface area (Å²) in [5, 5.41) is 3.16. The molecular weight excluding hydrogens is 366 g/mol. The molecule has 150 valence electrons. The Bertz CT molecular complexity index is 1020. The summed E-state index contributed by atoms with van der Waals surface area (Å²) < 4.78 is 5.16. The van der Waals surface area contributed by atoms with E-state index in [9.17, 15) is 9.59 Å². The molecule has 0 spiro atoms. The van der Waals surface area contributed by atoms with Crippen molar-refractivity contribution >= 4 is 11.4 Å². The van der Waals surface area contributed by atoms with Crippen LogP contribution in [-0.2, 0) is 13.1 Å². The van der Waals surface area contributed by atoms with Crippen LogP contribution in [0.5, 0.6) is 5.75 Å².